The highest BCUT2D eigenvalue weighted by Crippen LogP contribution is 2.10. The van der Waals surface area contributed by atoms with Gasteiger partial charge in [-0.25, -0.2) is 9.59 Å². The van der Waals surface area contributed by atoms with Crippen LogP contribution in [-0.2, 0) is 9.59 Å². The summed E-state index contributed by atoms with van der Waals surface area (Å²) in [5.41, 5.74) is -0.677. The minimum absolute atomic E-state index is 0.100. The van der Waals surface area contributed by atoms with Crippen LogP contribution >= 0.6 is 23.2 Å². The van der Waals surface area contributed by atoms with E-state index in [2.05, 4.69) is 0 Å². The Labute approximate surface area is 102 Å². The summed E-state index contributed by atoms with van der Waals surface area (Å²) in [4.78, 5) is 21.7. The highest BCUT2D eigenvalue weighted by Gasteiger charge is 2.15. The fourth-order valence-electron chi connectivity index (χ4n) is 0.877. The van der Waals surface area contributed by atoms with Gasteiger partial charge in [0.15, 0.2) is 0 Å². The molecule has 6 heteroatoms. The molecule has 0 radical (unpaired) electrons. The van der Waals surface area contributed by atoms with E-state index in [-0.39, 0.29) is 22.9 Å². The minimum Gasteiger partial charge on any atom is -0.478 e. The highest BCUT2D eigenvalue weighted by atomic mass is 35.5. The van der Waals surface area contributed by atoms with E-state index in [0.29, 0.717) is 0 Å². The Morgan fingerprint density at radius 3 is 1.38 bits per heavy atom. The second kappa shape index (κ2) is 7.96. The Bertz CT molecular complexity index is 322. The second-order valence-corrected chi connectivity index (χ2v) is 3.17. The van der Waals surface area contributed by atoms with E-state index in [0.717, 1.165) is 12.2 Å². The van der Waals surface area contributed by atoms with Crippen molar-refractivity contribution in [3.63, 3.8) is 0 Å². The summed E-state index contributed by atoms with van der Waals surface area (Å²) in [5, 5.41) is 17.7. The van der Waals surface area contributed by atoms with Crippen LogP contribution < -0.4 is 0 Å². The van der Waals surface area contributed by atoms with Gasteiger partial charge in [0.1, 0.15) is 0 Å². The van der Waals surface area contributed by atoms with Crippen LogP contribution in [0.3, 0.4) is 0 Å². The van der Waals surface area contributed by atoms with Gasteiger partial charge in [0.2, 0.25) is 0 Å². The Morgan fingerprint density at radius 1 is 0.875 bits per heavy atom. The summed E-state index contributed by atoms with van der Waals surface area (Å²) in [5.74, 6) is -2.47. The van der Waals surface area contributed by atoms with Crippen LogP contribution in [0.25, 0.3) is 0 Å². The number of aliphatic carboxylic acids is 2. The molecule has 0 saturated heterocycles. The summed E-state index contributed by atoms with van der Waals surface area (Å²) < 4.78 is 0. The maximum Gasteiger partial charge on any atom is 0.336 e. The molecule has 0 spiro atoms. The first-order valence-electron chi connectivity index (χ1n) is 4.20. The van der Waals surface area contributed by atoms with Crippen molar-refractivity contribution in [1.82, 2.24) is 0 Å². The Balaban J connectivity index is 5.44. The molecule has 0 aromatic rings. The number of carbonyl (C=O) groups is 2. The predicted molar refractivity (Wildman–Crippen MR) is 62.0 cm³/mol. The molecule has 0 aliphatic heterocycles. The van der Waals surface area contributed by atoms with Crippen LogP contribution in [-0.4, -0.2) is 33.9 Å². The third kappa shape index (κ3) is 5.00. The quantitative estimate of drug-likeness (QED) is 0.438. The van der Waals surface area contributed by atoms with Crippen LogP contribution in [0.2, 0.25) is 0 Å². The van der Waals surface area contributed by atoms with Crippen molar-refractivity contribution in [3.8, 4) is 0 Å². The first kappa shape index (κ1) is 14.7. The number of halogens is 2. The normalized spacial score (nSPS) is 13.1. The number of hydrogen-bond acceptors (Lipinski definition) is 2. The van der Waals surface area contributed by atoms with Gasteiger partial charge in [-0.3, -0.25) is 0 Å². The van der Waals surface area contributed by atoms with Crippen molar-refractivity contribution in [2.75, 3.05) is 11.8 Å². The first-order valence-corrected chi connectivity index (χ1v) is 5.27. The number of allylic oxidation sites excluding steroid dienone is 2. The molecule has 16 heavy (non-hydrogen) atoms. The molecule has 0 unspecified atom stereocenters. The third-order valence-electron chi connectivity index (χ3n) is 1.50. The number of carboxylic acids is 2. The average Bonchev–Trinajstić information content (AvgIpc) is 2.21. The molecule has 0 bridgehead atoms. The molecule has 88 valence electrons. The molecule has 0 aromatic carbocycles. The van der Waals surface area contributed by atoms with Crippen LogP contribution in [0.4, 0.5) is 0 Å². The molecule has 0 aromatic heterocycles. The van der Waals surface area contributed by atoms with Gasteiger partial charge in [0.05, 0.1) is 11.1 Å². The van der Waals surface area contributed by atoms with Crippen LogP contribution in [0.5, 0.6) is 0 Å². The lowest BCUT2D eigenvalue weighted by Gasteiger charge is -2.00. The number of rotatable bonds is 6. The lowest BCUT2D eigenvalue weighted by molar-refractivity contribution is -0.135. The topological polar surface area (TPSA) is 74.6 Å². The SMILES string of the molecule is O=C(O)C(C=CCCl)=C(C=CCCl)C(=O)O. The van der Waals surface area contributed by atoms with Crippen molar-refractivity contribution in [3.05, 3.63) is 35.5 Å². The number of hydrogen-bond donors (Lipinski definition) is 2. The molecule has 0 aliphatic rings. The zero-order chi connectivity index (χ0) is 12.6. The predicted octanol–water partition coefficient (Wildman–Crippen LogP) is 2.04. The van der Waals surface area contributed by atoms with Gasteiger partial charge in [-0.05, 0) is 12.2 Å². The van der Waals surface area contributed by atoms with Crippen molar-refractivity contribution < 1.29 is 19.8 Å². The van der Waals surface area contributed by atoms with Gasteiger partial charge < -0.3 is 10.2 Å². The molecule has 0 heterocycles. The van der Waals surface area contributed by atoms with Gasteiger partial charge in [-0.2, -0.15) is 0 Å². The largest absolute Gasteiger partial charge is 0.478 e. The fraction of sp³-hybridized carbons (Fsp3) is 0.200. The van der Waals surface area contributed by atoms with Gasteiger partial charge in [0.25, 0.3) is 0 Å². The third-order valence-corrected chi connectivity index (χ3v) is 1.85. The fourth-order valence-corrected chi connectivity index (χ4v) is 1.06. The Morgan fingerprint density at radius 2 is 1.19 bits per heavy atom. The van der Waals surface area contributed by atoms with Crippen LogP contribution in [0.1, 0.15) is 0 Å². The molecule has 4 nitrogen and oxygen atoms in total. The summed E-state index contributed by atoms with van der Waals surface area (Å²) in [6.45, 7) is 0. The van der Waals surface area contributed by atoms with E-state index >= 15 is 0 Å². The molecule has 0 amide bonds. The van der Waals surface area contributed by atoms with Crippen LogP contribution in [0.15, 0.2) is 35.5 Å². The van der Waals surface area contributed by atoms with Gasteiger partial charge >= 0.3 is 11.9 Å². The maximum absolute atomic E-state index is 10.8. The molecule has 0 rings (SSSR count). The van der Waals surface area contributed by atoms with Gasteiger partial charge in [-0.1, -0.05) is 12.2 Å². The summed E-state index contributed by atoms with van der Waals surface area (Å²) in [6, 6.07) is 0. The summed E-state index contributed by atoms with van der Waals surface area (Å²) >= 11 is 10.7. The van der Waals surface area contributed by atoms with Crippen LogP contribution in [0, 0.1) is 0 Å². The Hall–Kier alpha value is -1.26. The number of alkyl halides is 2. The zero-order valence-corrected chi connectivity index (χ0v) is 9.70. The lowest BCUT2D eigenvalue weighted by atomic mass is 10.1. The minimum atomic E-state index is -1.34. The summed E-state index contributed by atoms with van der Waals surface area (Å²) in [6.07, 6.45) is 5.00. The van der Waals surface area contributed by atoms with E-state index in [1.165, 1.54) is 12.2 Å². The average molecular weight is 265 g/mol. The molecule has 0 fully saturated rings. The molecular formula is C10H10Cl2O4. The van der Waals surface area contributed by atoms with Gasteiger partial charge in [-0.15, -0.1) is 23.2 Å². The molecular weight excluding hydrogens is 255 g/mol. The monoisotopic (exact) mass is 264 g/mol. The smallest absolute Gasteiger partial charge is 0.336 e. The van der Waals surface area contributed by atoms with Crippen molar-refractivity contribution >= 4 is 35.1 Å². The highest BCUT2D eigenvalue weighted by molar-refractivity contribution is 6.19. The molecule has 0 saturated carbocycles. The van der Waals surface area contributed by atoms with E-state index < -0.39 is 11.9 Å². The maximum atomic E-state index is 10.8. The van der Waals surface area contributed by atoms with E-state index in [4.69, 9.17) is 33.4 Å². The zero-order valence-electron chi connectivity index (χ0n) is 8.19. The van der Waals surface area contributed by atoms with Crippen molar-refractivity contribution in [2.45, 2.75) is 0 Å². The summed E-state index contributed by atoms with van der Waals surface area (Å²) in [7, 11) is 0. The van der Waals surface area contributed by atoms with Gasteiger partial charge in [0, 0.05) is 11.8 Å². The first-order chi connectivity index (χ1) is 7.54. The molecule has 0 aliphatic carbocycles. The Kier molecular flexibility index (Phi) is 7.33. The lowest BCUT2D eigenvalue weighted by Crippen LogP contribution is -2.08. The second-order valence-electron chi connectivity index (χ2n) is 2.55. The molecule has 0 atom stereocenters. The van der Waals surface area contributed by atoms with E-state index in [9.17, 15) is 9.59 Å². The standard InChI is InChI=1S/C10H10Cl2O4/c11-5-1-3-7(9(13)14)8(10(15)16)4-2-6-12/h1-4H,5-6H2,(H,13,14)(H,15,16). The number of carboxylic acid groups (broad SMARTS) is 2. The van der Waals surface area contributed by atoms with E-state index in [1.807, 2.05) is 0 Å². The van der Waals surface area contributed by atoms with Crippen molar-refractivity contribution in [1.29, 1.82) is 0 Å². The van der Waals surface area contributed by atoms with Crippen molar-refractivity contribution in [2.24, 2.45) is 0 Å². The van der Waals surface area contributed by atoms with E-state index in [1.54, 1.807) is 0 Å². The molecule has 2 N–H and O–H groups in total.